The van der Waals surface area contributed by atoms with Crippen LogP contribution >= 0.6 is 0 Å². The molecule has 1 saturated carbocycles. The molecule has 1 amide bonds. The SMILES string of the molecule is CNS(=O)(=O)c1ccc(C(=O)N2CCO[C@@H]3CCCC[C@@H]32)cc1. The van der Waals surface area contributed by atoms with Crippen LogP contribution in [-0.2, 0) is 14.8 Å². The molecule has 126 valence electrons. The molecule has 3 rings (SSSR count). The van der Waals surface area contributed by atoms with Gasteiger partial charge in [-0.15, -0.1) is 0 Å². The number of sulfonamides is 1. The monoisotopic (exact) mass is 338 g/mol. The molecule has 1 N–H and O–H groups in total. The number of hydrogen-bond donors (Lipinski definition) is 1. The summed E-state index contributed by atoms with van der Waals surface area (Å²) in [6.07, 6.45) is 4.40. The summed E-state index contributed by atoms with van der Waals surface area (Å²) in [5.41, 5.74) is 0.520. The number of nitrogens with one attached hydrogen (secondary N) is 1. The third-order valence-corrected chi connectivity index (χ3v) is 6.10. The van der Waals surface area contributed by atoms with Crippen molar-refractivity contribution in [3.05, 3.63) is 29.8 Å². The number of carbonyl (C=O) groups excluding carboxylic acids is 1. The lowest BCUT2D eigenvalue weighted by molar-refractivity contribution is -0.0752. The van der Waals surface area contributed by atoms with Gasteiger partial charge in [-0.3, -0.25) is 4.79 Å². The number of benzene rings is 1. The van der Waals surface area contributed by atoms with Gasteiger partial charge in [0.15, 0.2) is 0 Å². The lowest BCUT2D eigenvalue weighted by Crippen LogP contribution is -2.54. The van der Waals surface area contributed by atoms with Crippen LogP contribution in [0, 0.1) is 0 Å². The summed E-state index contributed by atoms with van der Waals surface area (Å²) in [7, 11) is -2.11. The highest BCUT2D eigenvalue weighted by Crippen LogP contribution is 2.29. The molecule has 1 aliphatic heterocycles. The lowest BCUT2D eigenvalue weighted by atomic mass is 9.89. The Morgan fingerprint density at radius 3 is 2.61 bits per heavy atom. The van der Waals surface area contributed by atoms with E-state index in [4.69, 9.17) is 4.74 Å². The third kappa shape index (κ3) is 3.27. The standard InChI is InChI=1S/C16H22N2O4S/c1-17-23(20,21)13-8-6-12(7-9-13)16(19)18-10-11-22-15-5-3-2-4-14(15)18/h6-9,14-15,17H,2-5,10-11H2,1H3/t14-,15+/m0/s1. The van der Waals surface area contributed by atoms with Crippen molar-refractivity contribution in [1.29, 1.82) is 0 Å². The van der Waals surface area contributed by atoms with Gasteiger partial charge in [0.1, 0.15) is 0 Å². The Morgan fingerprint density at radius 1 is 1.22 bits per heavy atom. The van der Waals surface area contributed by atoms with Crippen LogP contribution in [-0.4, -0.2) is 51.6 Å². The van der Waals surface area contributed by atoms with Gasteiger partial charge in [-0.2, -0.15) is 0 Å². The van der Waals surface area contributed by atoms with Crippen LogP contribution in [0.3, 0.4) is 0 Å². The van der Waals surface area contributed by atoms with Crippen molar-refractivity contribution in [2.24, 2.45) is 0 Å². The Balaban J connectivity index is 1.79. The maximum Gasteiger partial charge on any atom is 0.254 e. The fourth-order valence-electron chi connectivity index (χ4n) is 3.41. The molecule has 1 heterocycles. The first-order chi connectivity index (χ1) is 11.0. The molecule has 0 unspecified atom stereocenters. The van der Waals surface area contributed by atoms with Crippen LogP contribution in [0.1, 0.15) is 36.0 Å². The lowest BCUT2D eigenvalue weighted by Gasteiger charge is -2.43. The Morgan fingerprint density at radius 2 is 1.91 bits per heavy atom. The minimum atomic E-state index is -3.48. The normalized spacial score (nSPS) is 25.0. The van der Waals surface area contributed by atoms with E-state index in [1.807, 2.05) is 4.90 Å². The minimum absolute atomic E-state index is 0.0430. The van der Waals surface area contributed by atoms with Crippen molar-refractivity contribution in [3.8, 4) is 0 Å². The van der Waals surface area contributed by atoms with Gasteiger partial charge in [0, 0.05) is 12.1 Å². The molecule has 0 aromatic heterocycles. The highest BCUT2D eigenvalue weighted by Gasteiger charge is 2.36. The molecule has 6 nitrogen and oxygen atoms in total. The quantitative estimate of drug-likeness (QED) is 0.903. The van der Waals surface area contributed by atoms with Crippen molar-refractivity contribution in [3.63, 3.8) is 0 Å². The van der Waals surface area contributed by atoms with Crippen LogP contribution < -0.4 is 4.72 Å². The van der Waals surface area contributed by atoms with E-state index >= 15 is 0 Å². The van der Waals surface area contributed by atoms with Gasteiger partial charge in [0.25, 0.3) is 5.91 Å². The molecule has 2 atom stereocenters. The largest absolute Gasteiger partial charge is 0.374 e. The second-order valence-electron chi connectivity index (χ2n) is 5.99. The molecule has 0 spiro atoms. The molecule has 7 heteroatoms. The highest BCUT2D eigenvalue weighted by molar-refractivity contribution is 7.89. The smallest absolute Gasteiger partial charge is 0.254 e. The fraction of sp³-hybridized carbons (Fsp3) is 0.562. The van der Waals surface area contributed by atoms with Gasteiger partial charge in [-0.1, -0.05) is 12.8 Å². The average molecular weight is 338 g/mol. The highest BCUT2D eigenvalue weighted by atomic mass is 32.2. The third-order valence-electron chi connectivity index (χ3n) is 4.67. The van der Waals surface area contributed by atoms with E-state index in [2.05, 4.69) is 4.72 Å². The van der Waals surface area contributed by atoms with Crippen LogP contribution in [0.2, 0.25) is 0 Å². The summed E-state index contributed by atoms with van der Waals surface area (Å²) in [6.45, 7) is 1.16. The summed E-state index contributed by atoms with van der Waals surface area (Å²) >= 11 is 0. The minimum Gasteiger partial charge on any atom is -0.374 e. The number of fused-ring (bicyclic) bond motifs is 1. The van der Waals surface area contributed by atoms with E-state index in [0.29, 0.717) is 18.7 Å². The topological polar surface area (TPSA) is 75.7 Å². The van der Waals surface area contributed by atoms with Gasteiger partial charge >= 0.3 is 0 Å². The van der Waals surface area contributed by atoms with Crippen LogP contribution in [0.15, 0.2) is 29.2 Å². The van der Waals surface area contributed by atoms with E-state index in [1.165, 1.54) is 19.2 Å². The second-order valence-corrected chi connectivity index (χ2v) is 7.88. The van der Waals surface area contributed by atoms with Crippen LogP contribution in [0.4, 0.5) is 0 Å². The average Bonchev–Trinajstić information content (AvgIpc) is 2.60. The first-order valence-corrected chi connectivity index (χ1v) is 9.47. The Labute approximate surface area is 136 Å². The van der Waals surface area contributed by atoms with Crippen molar-refractivity contribution in [1.82, 2.24) is 9.62 Å². The van der Waals surface area contributed by atoms with E-state index in [1.54, 1.807) is 12.1 Å². The predicted octanol–water partition coefficient (Wildman–Crippen LogP) is 1.38. The number of hydrogen-bond acceptors (Lipinski definition) is 4. The first kappa shape index (κ1) is 16.4. The van der Waals surface area contributed by atoms with Gasteiger partial charge < -0.3 is 9.64 Å². The summed E-state index contributed by atoms with van der Waals surface area (Å²) in [5, 5.41) is 0. The molecule has 1 aromatic carbocycles. The molecule has 2 aliphatic rings. The summed E-state index contributed by atoms with van der Waals surface area (Å²) in [6, 6.07) is 6.25. The van der Waals surface area contributed by atoms with E-state index in [9.17, 15) is 13.2 Å². The Kier molecular flexibility index (Phi) is 4.70. The van der Waals surface area contributed by atoms with Gasteiger partial charge in [0.2, 0.25) is 10.0 Å². The van der Waals surface area contributed by atoms with Crippen molar-refractivity contribution in [2.45, 2.75) is 42.7 Å². The summed E-state index contributed by atoms with van der Waals surface area (Å²) in [4.78, 5) is 14.8. The van der Waals surface area contributed by atoms with E-state index < -0.39 is 10.0 Å². The fourth-order valence-corrected chi connectivity index (χ4v) is 4.14. The number of amides is 1. The number of morpholine rings is 1. The van der Waals surface area contributed by atoms with Crippen molar-refractivity contribution in [2.75, 3.05) is 20.2 Å². The predicted molar refractivity (Wildman–Crippen MR) is 85.7 cm³/mol. The van der Waals surface area contributed by atoms with E-state index in [-0.39, 0.29) is 22.9 Å². The number of ether oxygens (including phenoxy) is 1. The molecule has 1 saturated heterocycles. The summed E-state index contributed by atoms with van der Waals surface area (Å²) < 4.78 is 31.6. The molecular weight excluding hydrogens is 316 g/mol. The van der Waals surface area contributed by atoms with Crippen LogP contribution in [0.5, 0.6) is 0 Å². The zero-order chi connectivity index (χ0) is 16.4. The molecule has 23 heavy (non-hydrogen) atoms. The number of rotatable bonds is 3. The van der Waals surface area contributed by atoms with Crippen molar-refractivity contribution >= 4 is 15.9 Å². The zero-order valence-electron chi connectivity index (χ0n) is 13.2. The Hall–Kier alpha value is -1.44. The molecule has 2 fully saturated rings. The number of carbonyl (C=O) groups is 1. The van der Waals surface area contributed by atoms with Crippen molar-refractivity contribution < 1.29 is 17.9 Å². The molecule has 0 radical (unpaired) electrons. The first-order valence-electron chi connectivity index (χ1n) is 7.99. The maximum atomic E-state index is 12.8. The second kappa shape index (κ2) is 6.59. The van der Waals surface area contributed by atoms with Gasteiger partial charge in [-0.25, -0.2) is 13.1 Å². The zero-order valence-corrected chi connectivity index (χ0v) is 14.0. The van der Waals surface area contributed by atoms with E-state index in [0.717, 1.165) is 25.7 Å². The number of nitrogens with zero attached hydrogens (tertiary/aromatic N) is 1. The van der Waals surface area contributed by atoms with Crippen LogP contribution in [0.25, 0.3) is 0 Å². The molecule has 1 aliphatic carbocycles. The molecular formula is C16H22N2O4S. The Bertz CT molecular complexity index is 670. The van der Waals surface area contributed by atoms with Gasteiger partial charge in [-0.05, 0) is 44.2 Å². The molecule has 0 bridgehead atoms. The molecule has 1 aromatic rings. The van der Waals surface area contributed by atoms with Gasteiger partial charge in [0.05, 0.1) is 23.6 Å². The summed E-state index contributed by atoms with van der Waals surface area (Å²) in [5.74, 6) is -0.0430. The maximum absolute atomic E-state index is 12.8.